The Morgan fingerprint density at radius 3 is 2.63 bits per heavy atom. The summed E-state index contributed by atoms with van der Waals surface area (Å²) in [6, 6.07) is 17.2. The van der Waals surface area contributed by atoms with Crippen molar-refractivity contribution in [1.82, 2.24) is 5.32 Å². The predicted octanol–water partition coefficient (Wildman–Crippen LogP) is 4.39. The number of nitro groups is 1. The van der Waals surface area contributed by atoms with Gasteiger partial charge in [0.05, 0.1) is 22.1 Å². The van der Waals surface area contributed by atoms with Gasteiger partial charge in [-0.05, 0) is 28.5 Å². The highest BCUT2D eigenvalue weighted by Gasteiger charge is 2.14. The Hall–Kier alpha value is -3.71. The summed E-state index contributed by atoms with van der Waals surface area (Å²) in [7, 11) is 0. The maximum atomic E-state index is 12.1. The third-order valence-corrected chi connectivity index (χ3v) is 4.58. The summed E-state index contributed by atoms with van der Waals surface area (Å²) >= 11 is 5.91. The number of carbonyl (C=O) groups excluding carboxylic acids is 2. The van der Waals surface area contributed by atoms with Gasteiger partial charge in [-0.25, -0.2) is 4.79 Å². The van der Waals surface area contributed by atoms with Crippen molar-refractivity contribution in [2.75, 3.05) is 13.2 Å². The van der Waals surface area contributed by atoms with E-state index in [-0.39, 0.29) is 29.4 Å². The highest BCUT2D eigenvalue weighted by atomic mass is 35.5. The lowest BCUT2D eigenvalue weighted by molar-refractivity contribution is -0.384. The van der Waals surface area contributed by atoms with Crippen molar-refractivity contribution in [3.05, 3.63) is 93.0 Å². The molecule has 0 aromatic heterocycles. The molecule has 152 valence electrons. The van der Waals surface area contributed by atoms with E-state index in [9.17, 15) is 19.7 Å². The molecule has 0 saturated carbocycles. The second kappa shape index (κ2) is 9.67. The number of non-ortho nitro benzene ring substituents is 1. The van der Waals surface area contributed by atoms with E-state index in [1.54, 1.807) is 6.08 Å². The van der Waals surface area contributed by atoms with Crippen molar-refractivity contribution in [2.45, 2.75) is 0 Å². The first-order valence-electron chi connectivity index (χ1n) is 9.00. The molecule has 3 rings (SSSR count). The van der Waals surface area contributed by atoms with E-state index in [1.165, 1.54) is 18.2 Å². The highest BCUT2D eigenvalue weighted by molar-refractivity contribution is 6.34. The molecule has 0 saturated heterocycles. The van der Waals surface area contributed by atoms with Crippen molar-refractivity contribution in [3.63, 3.8) is 0 Å². The lowest BCUT2D eigenvalue weighted by atomic mass is 10.0. The van der Waals surface area contributed by atoms with Crippen LogP contribution in [0.25, 0.3) is 16.8 Å². The number of benzene rings is 3. The summed E-state index contributed by atoms with van der Waals surface area (Å²) in [6.45, 7) is 0.0368. The molecular weight excluding hydrogens is 408 g/mol. The number of hydrogen-bond acceptors (Lipinski definition) is 5. The first-order chi connectivity index (χ1) is 14.5. The number of fused-ring (bicyclic) bond motifs is 1. The van der Waals surface area contributed by atoms with Crippen LogP contribution < -0.4 is 5.32 Å². The quantitative estimate of drug-likeness (QED) is 0.199. The van der Waals surface area contributed by atoms with E-state index in [2.05, 4.69) is 5.32 Å². The number of nitro benzene ring substituents is 1. The number of hydrogen-bond donors (Lipinski definition) is 1. The van der Waals surface area contributed by atoms with Crippen LogP contribution >= 0.6 is 11.6 Å². The molecule has 0 aliphatic heterocycles. The van der Waals surface area contributed by atoms with E-state index in [0.717, 1.165) is 22.4 Å². The van der Waals surface area contributed by atoms with Gasteiger partial charge in [0.25, 0.3) is 11.6 Å². The number of amides is 1. The van der Waals surface area contributed by atoms with Gasteiger partial charge in [-0.3, -0.25) is 14.9 Å². The molecule has 0 unspecified atom stereocenters. The molecule has 3 aromatic carbocycles. The summed E-state index contributed by atoms with van der Waals surface area (Å²) in [5, 5.41) is 15.3. The Morgan fingerprint density at radius 1 is 1.10 bits per heavy atom. The Morgan fingerprint density at radius 2 is 1.87 bits per heavy atom. The zero-order valence-corrected chi connectivity index (χ0v) is 16.5. The first-order valence-corrected chi connectivity index (χ1v) is 9.38. The van der Waals surface area contributed by atoms with Gasteiger partial charge >= 0.3 is 5.97 Å². The number of nitrogens with zero attached hydrogens (tertiary/aromatic N) is 1. The lowest BCUT2D eigenvalue weighted by Crippen LogP contribution is -2.28. The van der Waals surface area contributed by atoms with Crippen LogP contribution in [0.15, 0.2) is 66.7 Å². The summed E-state index contributed by atoms with van der Waals surface area (Å²) in [4.78, 5) is 34.1. The summed E-state index contributed by atoms with van der Waals surface area (Å²) in [5.41, 5.74) is 0.791. The lowest BCUT2D eigenvalue weighted by Gasteiger charge is -2.07. The topological polar surface area (TPSA) is 98.5 Å². The average Bonchev–Trinajstić information content (AvgIpc) is 2.74. The van der Waals surface area contributed by atoms with Crippen LogP contribution in [0.5, 0.6) is 0 Å². The molecule has 30 heavy (non-hydrogen) atoms. The number of nitrogens with one attached hydrogen (secondary N) is 1. The van der Waals surface area contributed by atoms with Crippen molar-refractivity contribution >= 4 is 46.0 Å². The maximum absolute atomic E-state index is 12.1. The number of ether oxygens (including phenoxy) is 1. The van der Waals surface area contributed by atoms with Gasteiger partial charge < -0.3 is 10.1 Å². The minimum atomic E-state index is -0.598. The van der Waals surface area contributed by atoms with Gasteiger partial charge in [-0.15, -0.1) is 0 Å². The molecule has 0 spiro atoms. The van der Waals surface area contributed by atoms with Crippen LogP contribution in [-0.2, 0) is 9.53 Å². The normalized spacial score (nSPS) is 10.8. The van der Waals surface area contributed by atoms with E-state index >= 15 is 0 Å². The fourth-order valence-corrected chi connectivity index (χ4v) is 3.08. The minimum Gasteiger partial charge on any atom is -0.461 e. The highest BCUT2D eigenvalue weighted by Crippen LogP contribution is 2.22. The third kappa shape index (κ3) is 5.21. The Bertz CT molecular complexity index is 1140. The zero-order chi connectivity index (χ0) is 21.5. The van der Waals surface area contributed by atoms with Gasteiger partial charge in [0, 0.05) is 18.2 Å². The Kier molecular flexibility index (Phi) is 6.77. The Labute approximate surface area is 177 Å². The van der Waals surface area contributed by atoms with Gasteiger partial charge in [0.1, 0.15) is 6.61 Å². The smallest absolute Gasteiger partial charge is 0.330 e. The van der Waals surface area contributed by atoms with Gasteiger partial charge in [0.15, 0.2) is 0 Å². The number of esters is 1. The van der Waals surface area contributed by atoms with Crippen molar-refractivity contribution in [3.8, 4) is 0 Å². The van der Waals surface area contributed by atoms with Gasteiger partial charge in [-0.2, -0.15) is 0 Å². The zero-order valence-electron chi connectivity index (χ0n) is 15.7. The fourth-order valence-electron chi connectivity index (χ4n) is 2.81. The number of carbonyl (C=O) groups is 2. The van der Waals surface area contributed by atoms with Gasteiger partial charge in [-0.1, -0.05) is 54.1 Å². The standard InChI is InChI=1S/C22H17ClN2O5/c23-20-14-17(25(28)29)9-10-19(20)22(27)24-12-13-30-21(26)11-8-16-6-3-5-15-4-1-2-7-18(15)16/h1-11,14H,12-13H2,(H,24,27)/b11-8+. The number of halogens is 1. The van der Waals surface area contributed by atoms with Crippen LogP contribution in [0.3, 0.4) is 0 Å². The van der Waals surface area contributed by atoms with E-state index in [4.69, 9.17) is 16.3 Å². The van der Waals surface area contributed by atoms with Crippen LogP contribution in [0.2, 0.25) is 5.02 Å². The average molecular weight is 425 g/mol. The molecule has 0 aliphatic rings. The molecule has 0 radical (unpaired) electrons. The maximum Gasteiger partial charge on any atom is 0.330 e. The fraction of sp³-hybridized carbons (Fsp3) is 0.0909. The van der Waals surface area contributed by atoms with Crippen LogP contribution in [0.4, 0.5) is 5.69 Å². The molecular formula is C22H17ClN2O5. The number of rotatable bonds is 7. The van der Waals surface area contributed by atoms with Crippen molar-refractivity contribution in [2.24, 2.45) is 0 Å². The van der Waals surface area contributed by atoms with E-state index in [0.29, 0.717) is 0 Å². The van der Waals surface area contributed by atoms with Crippen molar-refractivity contribution < 1.29 is 19.2 Å². The van der Waals surface area contributed by atoms with Crippen LogP contribution in [-0.4, -0.2) is 30.0 Å². The molecule has 7 nitrogen and oxygen atoms in total. The molecule has 0 heterocycles. The SMILES string of the molecule is O=C(/C=C/c1cccc2ccccc12)OCCNC(=O)c1ccc([N+](=O)[O-])cc1Cl. The second-order valence-corrected chi connectivity index (χ2v) is 6.65. The van der Waals surface area contributed by atoms with Crippen molar-refractivity contribution in [1.29, 1.82) is 0 Å². The first kappa shape index (κ1) is 21.0. The third-order valence-electron chi connectivity index (χ3n) is 4.26. The summed E-state index contributed by atoms with van der Waals surface area (Å²) < 4.78 is 5.08. The van der Waals surface area contributed by atoms with E-state index < -0.39 is 16.8 Å². The van der Waals surface area contributed by atoms with Crippen LogP contribution in [0, 0.1) is 10.1 Å². The van der Waals surface area contributed by atoms with Gasteiger partial charge in [0.2, 0.25) is 0 Å². The molecule has 1 amide bonds. The molecule has 0 fully saturated rings. The molecule has 0 bridgehead atoms. The summed E-state index contributed by atoms with van der Waals surface area (Å²) in [6.07, 6.45) is 3.01. The monoisotopic (exact) mass is 424 g/mol. The second-order valence-electron chi connectivity index (χ2n) is 6.25. The molecule has 0 atom stereocenters. The van der Waals surface area contributed by atoms with Crippen LogP contribution in [0.1, 0.15) is 15.9 Å². The van der Waals surface area contributed by atoms with E-state index in [1.807, 2.05) is 42.5 Å². The largest absolute Gasteiger partial charge is 0.461 e. The molecule has 0 aliphatic carbocycles. The molecule has 1 N–H and O–H groups in total. The summed E-state index contributed by atoms with van der Waals surface area (Å²) in [5.74, 6) is -1.05. The predicted molar refractivity (Wildman–Crippen MR) is 114 cm³/mol. The minimum absolute atomic E-state index is 0.0308. The molecule has 8 heteroatoms. The molecule has 3 aromatic rings. The Balaban J connectivity index is 1.49.